The fourth-order valence-corrected chi connectivity index (χ4v) is 2.56. The minimum absolute atomic E-state index is 0.0641. The van der Waals surface area contributed by atoms with Crippen molar-refractivity contribution < 1.29 is 9.84 Å². The molecule has 2 N–H and O–H groups in total. The summed E-state index contributed by atoms with van der Waals surface area (Å²) in [7, 11) is 1.54. The molecule has 5 heteroatoms. The molecule has 0 aliphatic carbocycles. The van der Waals surface area contributed by atoms with Crippen LogP contribution in [0.2, 0.25) is 5.02 Å². The van der Waals surface area contributed by atoms with E-state index < -0.39 is 0 Å². The van der Waals surface area contributed by atoms with Crippen LogP contribution in [0.4, 0.5) is 0 Å². The number of nitrogens with one attached hydrogen (secondary N) is 1. The Morgan fingerprint density at radius 3 is 2.71 bits per heavy atom. The van der Waals surface area contributed by atoms with Gasteiger partial charge in [0.25, 0.3) is 0 Å². The van der Waals surface area contributed by atoms with Crippen molar-refractivity contribution in [3.8, 4) is 11.5 Å². The maximum Gasteiger partial charge on any atom is 0.163 e. The van der Waals surface area contributed by atoms with Crippen molar-refractivity contribution in [2.75, 3.05) is 7.11 Å². The standard InChI is InChI=1S/C16H15ClN2O2/c1-21-15-4-2-3-12(16(15)20)14-9-13(18-19-14)10-5-7-11(17)8-6-10/h2-8,14,19-20H,9H2,1H3/t14-/m0/s1. The number of rotatable bonds is 3. The number of phenols is 1. The number of nitrogens with zero attached hydrogens (tertiary/aromatic N) is 1. The van der Waals surface area contributed by atoms with E-state index >= 15 is 0 Å². The summed E-state index contributed by atoms with van der Waals surface area (Å²) in [4.78, 5) is 0. The summed E-state index contributed by atoms with van der Waals surface area (Å²) in [5.74, 6) is 0.624. The molecule has 1 aliphatic heterocycles. The molecule has 0 saturated heterocycles. The Kier molecular flexibility index (Phi) is 3.71. The molecule has 21 heavy (non-hydrogen) atoms. The average molecular weight is 303 g/mol. The van der Waals surface area contributed by atoms with Crippen LogP contribution in [0.25, 0.3) is 0 Å². The van der Waals surface area contributed by atoms with Gasteiger partial charge in [-0.05, 0) is 23.8 Å². The van der Waals surface area contributed by atoms with Crippen molar-refractivity contribution in [3.05, 3.63) is 58.6 Å². The van der Waals surface area contributed by atoms with E-state index in [2.05, 4.69) is 10.5 Å². The molecule has 2 aromatic carbocycles. The second-order valence-electron chi connectivity index (χ2n) is 4.85. The highest BCUT2D eigenvalue weighted by Crippen LogP contribution is 2.36. The van der Waals surface area contributed by atoms with Gasteiger partial charge in [0.1, 0.15) is 0 Å². The van der Waals surface area contributed by atoms with E-state index in [0.717, 1.165) is 16.8 Å². The number of aromatic hydroxyl groups is 1. The second kappa shape index (κ2) is 5.66. The summed E-state index contributed by atoms with van der Waals surface area (Å²) in [5, 5.41) is 15.3. The molecule has 0 aromatic heterocycles. The zero-order valence-electron chi connectivity index (χ0n) is 11.5. The molecule has 0 amide bonds. The van der Waals surface area contributed by atoms with E-state index in [9.17, 15) is 5.11 Å². The molecule has 1 atom stereocenters. The third kappa shape index (κ3) is 2.67. The minimum atomic E-state index is -0.0641. The van der Waals surface area contributed by atoms with Gasteiger partial charge < -0.3 is 15.3 Å². The molecule has 2 aromatic rings. The monoisotopic (exact) mass is 302 g/mol. The summed E-state index contributed by atoms with van der Waals surface area (Å²) >= 11 is 5.89. The second-order valence-corrected chi connectivity index (χ2v) is 5.29. The fraction of sp³-hybridized carbons (Fsp3) is 0.188. The smallest absolute Gasteiger partial charge is 0.163 e. The SMILES string of the molecule is COc1cccc([C@@H]2CC(c3ccc(Cl)cc3)=NN2)c1O. The maximum atomic E-state index is 10.2. The van der Waals surface area contributed by atoms with E-state index in [-0.39, 0.29) is 11.8 Å². The predicted molar refractivity (Wildman–Crippen MR) is 83.1 cm³/mol. The van der Waals surface area contributed by atoms with Crippen LogP contribution in [0, 0.1) is 0 Å². The van der Waals surface area contributed by atoms with E-state index in [4.69, 9.17) is 16.3 Å². The van der Waals surface area contributed by atoms with Crippen LogP contribution in [0.5, 0.6) is 11.5 Å². The lowest BCUT2D eigenvalue weighted by molar-refractivity contribution is 0.367. The molecular weight excluding hydrogens is 288 g/mol. The van der Waals surface area contributed by atoms with Gasteiger partial charge in [-0.2, -0.15) is 5.10 Å². The number of methoxy groups -OCH3 is 1. The van der Waals surface area contributed by atoms with Gasteiger partial charge in [0.2, 0.25) is 0 Å². The normalized spacial score (nSPS) is 17.2. The number of ether oxygens (including phenoxy) is 1. The minimum Gasteiger partial charge on any atom is -0.504 e. The molecule has 108 valence electrons. The van der Waals surface area contributed by atoms with Crippen LogP contribution in [-0.2, 0) is 0 Å². The van der Waals surface area contributed by atoms with Crippen LogP contribution in [0.3, 0.4) is 0 Å². The number of para-hydroxylation sites is 1. The van der Waals surface area contributed by atoms with Crippen molar-refractivity contribution in [1.29, 1.82) is 0 Å². The Hall–Kier alpha value is -2.20. The number of hydrazone groups is 1. The lowest BCUT2D eigenvalue weighted by Crippen LogP contribution is -2.10. The Morgan fingerprint density at radius 2 is 2.00 bits per heavy atom. The molecule has 1 heterocycles. The van der Waals surface area contributed by atoms with Crippen LogP contribution < -0.4 is 10.2 Å². The number of hydrogen-bond donors (Lipinski definition) is 2. The largest absolute Gasteiger partial charge is 0.504 e. The summed E-state index contributed by atoms with van der Waals surface area (Å²) in [6.07, 6.45) is 0.697. The summed E-state index contributed by atoms with van der Waals surface area (Å²) < 4.78 is 5.14. The number of phenolic OH excluding ortho intramolecular Hbond substituents is 1. The molecule has 0 radical (unpaired) electrons. The molecule has 0 saturated carbocycles. The molecule has 0 bridgehead atoms. The molecule has 0 spiro atoms. The van der Waals surface area contributed by atoms with E-state index in [1.165, 1.54) is 7.11 Å². The van der Waals surface area contributed by atoms with E-state index in [1.807, 2.05) is 36.4 Å². The first-order valence-corrected chi connectivity index (χ1v) is 7.00. The molecule has 4 nitrogen and oxygen atoms in total. The molecule has 3 rings (SSSR count). The predicted octanol–water partition coefficient (Wildman–Crippen LogP) is 3.49. The van der Waals surface area contributed by atoms with Crippen molar-refractivity contribution in [2.45, 2.75) is 12.5 Å². The van der Waals surface area contributed by atoms with Gasteiger partial charge in [-0.15, -0.1) is 0 Å². The van der Waals surface area contributed by atoms with Crippen LogP contribution in [-0.4, -0.2) is 17.9 Å². The molecule has 0 unspecified atom stereocenters. The number of benzene rings is 2. The average Bonchev–Trinajstić information content (AvgIpc) is 2.98. The van der Waals surface area contributed by atoms with E-state index in [0.29, 0.717) is 17.2 Å². The molecular formula is C16H15ClN2O2. The van der Waals surface area contributed by atoms with Gasteiger partial charge in [0.05, 0.1) is 18.9 Å². The number of halogens is 1. The molecule has 1 aliphatic rings. The van der Waals surface area contributed by atoms with Crippen LogP contribution in [0.1, 0.15) is 23.6 Å². The van der Waals surface area contributed by atoms with Crippen molar-refractivity contribution >= 4 is 17.3 Å². The highest BCUT2D eigenvalue weighted by molar-refractivity contribution is 6.30. The lowest BCUT2D eigenvalue weighted by Gasteiger charge is -2.14. The highest BCUT2D eigenvalue weighted by Gasteiger charge is 2.24. The first kappa shape index (κ1) is 13.8. The molecule has 0 fully saturated rings. The number of hydrogen-bond acceptors (Lipinski definition) is 4. The first-order chi connectivity index (χ1) is 10.2. The topological polar surface area (TPSA) is 53.8 Å². The highest BCUT2D eigenvalue weighted by atomic mass is 35.5. The Labute approximate surface area is 128 Å². The Bertz CT molecular complexity index is 683. The summed E-state index contributed by atoms with van der Waals surface area (Å²) in [6, 6.07) is 13.0. The third-order valence-electron chi connectivity index (χ3n) is 3.56. The fourth-order valence-electron chi connectivity index (χ4n) is 2.43. The van der Waals surface area contributed by atoms with Crippen molar-refractivity contribution in [1.82, 2.24) is 5.43 Å². The first-order valence-electron chi connectivity index (χ1n) is 6.63. The van der Waals surface area contributed by atoms with Gasteiger partial charge >= 0.3 is 0 Å². The van der Waals surface area contributed by atoms with Gasteiger partial charge in [0.15, 0.2) is 11.5 Å². The summed E-state index contributed by atoms with van der Waals surface area (Å²) in [5.41, 5.74) is 5.82. The Balaban J connectivity index is 1.82. The third-order valence-corrected chi connectivity index (χ3v) is 3.81. The maximum absolute atomic E-state index is 10.2. The zero-order valence-corrected chi connectivity index (χ0v) is 12.3. The van der Waals surface area contributed by atoms with E-state index in [1.54, 1.807) is 6.07 Å². The van der Waals surface area contributed by atoms with Crippen molar-refractivity contribution in [3.63, 3.8) is 0 Å². The van der Waals surface area contributed by atoms with Gasteiger partial charge in [-0.3, -0.25) is 0 Å². The van der Waals surface area contributed by atoms with Crippen LogP contribution >= 0.6 is 11.6 Å². The quantitative estimate of drug-likeness (QED) is 0.912. The van der Waals surface area contributed by atoms with Gasteiger partial charge in [0, 0.05) is 17.0 Å². The lowest BCUT2D eigenvalue weighted by atomic mass is 9.98. The zero-order chi connectivity index (χ0) is 14.8. The van der Waals surface area contributed by atoms with Crippen LogP contribution in [0.15, 0.2) is 47.6 Å². The van der Waals surface area contributed by atoms with Gasteiger partial charge in [-0.1, -0.05) is 35.9 Å². The summed E-state index contributed by atoms with van der Waals surface area (Å²) in [6.45, 7) is 0. The van der Waals surface area contributed by atoms with Crippen molar-refractivity contribution in [2.24, 2.45) is 5.10 Å². The Morgan fingerprint density at radius 1 is 1.24 bits per heavy atom. The van der Waals surface area contributed by atoms with Gasteiger partial charge in [-0.25, -0.2) is 0 Å².